The quantitative estimate of drug-likeness (QED) is 0.740. The highest BCUT2D eigenvalue weighted by Crippen LogP contribution is 2.29. The lowest BCUT2D eigenvalue weighted by Gasteiger charge is -2.14. The third-order valence-corrected chi connectivity index (χ3v) is 4.12. The zero-order valence-corrected chi connectivity index (χ0v) is 13.8. The summed E-state index contributed by atoms with van der Waals surface area (Å²) in [4.78, 5) is 27.8. The average molecular weight is 322 g/mol. The number of carboxylic acids is 1. The molecule has 0 saturated carbocycles. The predicted octanol–water partition coefficient (Wildman–Crippen LogP) is 3.86. The topological polar surface area (TPSA) is 72.2 Å². The molecule has 3 rings (SSSR count). The van der Waals surface area contributed by atoms with E-state index in [1.807, 2.05) is 31.2 Å². The fourth-order valence-electron chi connectivity index (χ4n) is 2.81. The maximum Gasteiger partial charge on any atom is 0.326 e. The number of Topliss-reactive ketones (excluding diaryl/α,β-unsaturated/α-hetero) is 1. The van der Waals surface area contributed by atoms with E-state index in [0.29, 0.717) is 22.4 Å². The van der Waals surface area contributed by atoms with Crippen LogP contribution in [0.2, 0.25) is 0 Å². The second-order valence-electron chi connectivity index (χ2n) is 5.95. The molecule has 5 heteroatoms. The first-order valence-electron chi connectivity index (χ1n) is 7.71. The lowest BCUT2D eigenvalue weighted by Crippen LogP contribution is -2.16. The maximum atomic E-state index is 11.6. The number of carbonyl (C=O) groups is 2. The number of carboxylic acid groups (broad SMARTS) is 1. The van der Waals surface area contributed by atoms with Crippen molar-refractivity contribution in [2.75, 3.05) is 0 Å². The van der Waals surface area contributed by atoms with Crippen molar-refractivity contribution < 1.29 is 14.7 Å². The Morgan fingerprint density at radius 1 is 1.17 bits per heavy atom. The second kappa shape index (κ2) is 5.92. The number of nitrogens with zero attached hydrogens (tertiary/aromatic N) is 2. The minimum Gasteiger partial charge on any atom is -0.480 e. The summed E-state index contributed by atoms with van der Waals surface area (Å²) in [7, 11) is 0. The molecule has 0 spiro atoms. The van der Waals surface area contributed by atoms with E-state index in [9.17, 15) is 14.7 Å². The van der Waals surface area contributed by atoms with Crippen molar-refractivity contribution in [3.63, 3.8) is 0 Å². The molecule has 5 nitrogen and oxygen atoms in total. The zero-order valence-electron chi connectivity index (χ0n) is 13.8. The number of imidazole rings is 1. The lowest BCUT2D eigenvalue weighted by molar-refractivity contribution is -0.140. The first-order chi connectivity index (χ1) is 11.4. The van der Waals surface area contributed by atoms with Crippen LogP contribution in [0.3, 0.4) is 0 Å². The van der Waals surface area contributed by atoms with Crippen molar-refractivity contribution in [2.24, 2.45) is 0 Å². The normalized spacial score (nSPS) is 12.3. The predicted molar refractivity (Wildman–Crippen MR) is 92.3 cm³/mol. The van der Waals surface area contributed by atoms with E-state index < -0.39 is 12.0 Å². The maximum absolute atomic E-state index is 11.6. The Balaban J connectivity index is 2.32. The molecule has 0 amide bonds. The first kappa shape index (κ1) is 15.9. The number of aromatic nitrogens is 2. The van der Waals surface area contributed by atoms with Gasteiger partial charge in [-0.3, -0.25) is 4.79 Å². The van der Waals surface area contributed by atoms with E-state index in [2.05, 4.69) is 4.98 Å². The van der Waals surface area contributed by atoms with Crippen LogP contribution in [-0.2, 0) is 4.79 Å². The molecule has 122 valence electrons. The van der Waals surface area contributed by atoms with Gasteiger partial charge in [0.15, 0.2) is 5.78 Å². The van der Waals surface area contributed by atoms with Crippen molar-refractivity contribution >= 4 is 22.8 Å². The van der Waals surface area contributed by atoms with Crippen molar-refractivity contribution in [1.29, 1.82) is 0 Å². The zero-order chi connectivity index (χ0) is 17.4. The van der Waals surface area contributed by atoms with Gasteiger partial charge in [0.25, 0.3) is 0 Å². The number of aliphatic carboxylic acids is 1. The summed E-state index contributed by atoms with van der Waals surface area (Å²) in [6, 6.07) is 12.2. The Morgan fingerprint density at radius 3 is 2.54 bits per heavy atom. The monoisotopic (exact) mass is 322 g/mol. The van der Waals surface area contributed by atoms with Crippen LogP contribution in [0.4, 0.5) is 0 Å². The van der Waals surface area contributed by atoms with Crippen LogP contribution < -0.4 is 0 Å². The number of hydrogen-bond acceptors (Lipinski definition) is 3. The molecule has 0 saturated heterocycles. The molecular formula is C19H18N2O3. The van der Waals surface area contributed by atoms with Crippen LogP contribution in [0.1, 0.15) is 35.8 Å². The summed E-state index contributed by atoms with van der Waals surface area (Å²) >= 11 is 0. The fourth-order valence-corrected chi connectivity index (χ4v) is 2.81. The Bertz CT molecular complexity index is 956. The van der Waals surface area contributed by atoms with Gasteiger partial charge in [0.1, 0.15) is 11.9 Å². The molecule has 1 aromatic heterocycles. The Hall–Kier alpha value is -2.95. The summed E-state index contributed by atoms with van der Waals surface area (Å²) in [5, 5.41) is 9.48. The van der Waals surface area contributed by atoms with Crippen molar-refractivity contribution in [3.8, 4) is 11.4 Å². The number of fused-ring (bicyclic) bond motifs is 1. The lowest BCUT2D eigenvalue weighted by atomic mass is 10.1. The van der Waals surface area contributed by atoms with Gasteiger partial charge in [-0.25, -0.2) is 9.78 Å². The standard InChI is InChI=1S/C19H18N2O3/c1-11-5-4-6-15(9-11)18-20-16-10-14(13(3)22)7-8-17(16)21(18)12(2)19(23)24/h4-10,12H,1-3H3,(H,23,24). The van der Waals surface area contributed by atoms with Crippen LogP contribution in [-0.4, -0.2) is 26.4 Å². The summed E-state index contributed by atoms with van der Waals surface area (Å²) in [5.74, 6) is -0.391. The largest absolute Gasteiger partial charge is 0.480 e. The summed E-state index contributed by atoms with van der Waals surface area (Å²) in [5.41, 5.74) is 3.80. The molecule has 0 bridgehead atoms. The van der Waals surface area contributed by atoms with Crippen molar-refractivity contribution in [2.45, 2.75) is 26.8 Å². The molecule has 0 radical (unpaired) electrons. The third kappa shape index (κ3) is 2.69. The van der Waals surface area contributed by atoms with Crippen LogP contribution in [0.5, 0.6) is 0 Å². The number of ketones is 1. The minimum absolute atomic E-state index is 0.0464. The van der Waals surface area contributed by atoms with E-state index >= 15 is 0 Å². The Labute approximate surface area is 139 Å². The van der Waals surface area contributed by atoms with Crippen molar-refractivity contribution in [3.05, 3.63) is 53.6 Å². The molecule has 0 aliphatic rings. The van der Waals surface area contributed by atoms with E-state index in [4.69, 9.17) is 0 Å². The molecule has 0 fully saturated rings. The number of carbonyl (C=O) groups excluding carboxylic acids is 1. The Morgan fingerprint density at radius 2 is 1.92 bits per heavy atom. The SMILES string of the molecule is CC(=O)c1ccc2c(c1)nc(-c1cccc(C)c1)n2C(C)C(=O)O. The Kier molecular flexibility index (Phi) is 3.93. The molecule has 1 atom stereocenters. The summed E-state index contributed by atoms with van der Waals surface area (Å²) in [6.07, 6.45) is 0. The summed E-state index contributed by atoms with van der Waals surface area (Å²) in [6.45, 7) is 5.10. The van der Waals surface area contributed by atoms with Gasteiger partial charge < -0.3 is 9.67 Å². The molecule has 0 aliphatic heterocycles. The van der Waals surface area contributed by atoms with E-state index in [0.717, 1.165) is 11.1 Å². The molecule has 1 N–H and O–H groups in total. The number of rotatable bonds is 4. The summed E-state index contributed by atoms with van der Waals surface area (Å²) < 4.78 is 1.70. The van der Waals surface area contributed by atoms with Crippen molar-refractivity contribution in [1.82, 2.24) is 9.55 Å². The first-order valence-corrected chi connectivity index (χ1v) is 7.71. The smallest absolute Gasteiger partial charge is 0.326 e. The van der Waals surface area contributed by atoms with Gasteiger partial charge in [-0.1, -0.05) is 23.8 Å². The number of benzene rings is 2. The number of hydrogen-bond donors (Lipinski definition) is 1. The molecular weight excluding hydrogens is 304 g/mol. The van der Waals surface area contributed by atoms with Gasteiger partial charge in [0.05, 0.1) is 11.0 Å². The minimum atomic E-state index is -0.932. The van der Waals surface area contributed by atoms with Gasteiger partial charge in [0.2, 0.25) is 0 Å². The van der Waals surface area contributed by atoms with E-state index in [1.165, 1.54) is 6.92 Å². The van der Waals surface area contributed by atoms with Crippen LogP contribution in [0, 0.1) is 6.92 Å². The molecule has 2 aromatic carbocycles. The average Bonchev–Trinajstić information content (AvgIpc) is 2.92. The van der Waals surface area contributed by atoms with Gasteiger partial charge in [-0.2, -0.15) is 0 Å². The van der Waals surface area contributed by atoms with Gasteiger partial charge >= 0.3 is 5.97 Å². The van der Waals surface area contributed by atoms with Crippen LogP contribution in [0.15, 0.2) is 42.5 Å². The van der Waals surface area contributed by atoms with Crippen LogP contribution in [0.25, 0.3) is 22.4 Å². The highest BCUT2D eigenvalue weighted by Gasteiger charge is 2.22. The second-order valence-corrected chi connectivity index (χ2v) is 5.95. The van der Waals surface area contributed by atoms with Crippen LogP contribution >= 0.6 is 0 Å². The highest BCUT2D eigenvalue weighted by atomic mass is 16.4. The highest BCUT2D eigenvalue weighted by molar-refractivity contribution is 5.98. The van der Waals surface area contributed by atoms with Gasteiger partial charge in [-0.05, 0) is 45.0 Å². The fraction of sp³-hybridized carbons (Fsp3) is 0.211. The van der Waals surface area contributed by atoms with E-state index in [-0.39, 0.29) is 5.78 Å². The third-order valence-electron chi connectivity index (χ3n) is 4.12. The van der Waals surface area contributed by atoms with E-state index in [1.54, 1.807) is 29.7 Å². The number of aryl methyl sites for hydroxylation is 1. The molecule has 1 heterocycles. The molecule has 24 heavy (non-hydrogen) atoms. The van der Waals surface area contributed by atoms with Gasteiger partial charge in [0, 0.05) is 11.1 Å². The molecule has 1 unspecified atom stereocenters. The molecule has 3 aromatic rings. The molecule has 0 aliphatic carbocycles. The van der Waals surface area contributed by atoms with Gasteiger partial charge in [-0.15, -0.1) is 0 Å².